The lowest BCUT2D eigenvalue weighted by atomic mass is 9.90. The van der Waals surface area contributed by atoms with Crippen molar-refractivity contribution >= 4 is 0 Å². The van der Waals surface area contributed by atoms with Crippen molar-refractivity contribution in [1.82, 2.24) is 0 Å². The lowest BCUT2D eigenvalue weighted by Gasteiger charge is -2.44. The van der Waals surface area contributed by atoms with E-state index in [4.69, 9.17) is 14.2 Å². The van der Waals surface area contributed by atoms with E-state index in [9.17, 15) is 0 Å². The third-order valence-electron chi connectivity index (χ3n) is 3.61. The molecule has 0 saturated carbocycles. The van der Waals surface area contributed by atoms with E-state index in [0.717, 1.165) is 25.9 Å². The topological polar surface area (TPSA) is 27.7 Å². The van der Waals surface area contributed by atoms with Gasteiger partial charge in [0.05, 0.1) is 24.4 Å². The highest BCUT2D eigenvalue weighted by Crippen LogP contribution is 2.42. The van der Waals surface area contributed by atoms with E-state index in [1.165, 1.54) is 12.8 Å². The molecule has 0 bridgehead atoms. The van der Waals surface area contributed by atoms with E-state index in [1.54, 1.807) is 0 Å². The zero-order chi connectivity index (χ0) is 12.5. The smallest absolute Gasteiger partial charge is 0.174 e. The summed E-state index contributed by atoms with van der Waals surface area (Å²) in [4.78, 5) is 0. The van der Waals surface area contributed by atoms with Gasteiger partial charge in [-0.15, -0.1) is 0 Å². The molecule has 0 radical (unpaired) electrons. The van der Waals surface area contributed by atoms with Gasteiger partial charge in [-0.1, -0.05) is 19.8 Å². The first kappa shape index (κ1) is 13.3. The molecule has 2 heterocycles. The minimum atomic E-state index is -0.375. The van der Waals surface area contributed by atoms with Crippen LogP contribution in [0.5, 0.6) is 0 Å². The van der Waals surface area contributed by atoms with Gasteiger partial charge < -0.3 is 14.2 Å². The Balaban J connectivity index is 1.96. The SMILES string of the molecule is CCCCC1COC2(CC(C)OC(C)(C)C2)O1. The molecule has 0 aromatic heterocycles. The summed E-state index contributed by atoms with van der Waals surface area (Å²) in [5, 5.41) is 0. The van der Waals surface area contributed by atoms with Crippen LogP contribution in [0.1, 0.15) is 59.8 Å². The Morgan fingerprint density at radius 3 is 2.65 bits per heavy atom. The van der Waals surface area contributed by atoms with Crippen LogP contribution in [-0.4, -0.2) is 30.2 Å². The van der Waals surface area contributed by atoms with E-state index < -0.39 is 0 Å². The van der Waals surface area contributed by atoms with Gasteiger partial charge in [0.2, 0.25) is 0 Å². The van der Waals surface area contributed by atoms with Crippen molar-refractivity contribution in [1.29, 1.82) is 0 Å². The van der Waals surface area contributed by atoms with Crippen molar-refractivity contribution in [3.8, 4) is 0 Å². The number of unbranched alkanes of at least 4 members (excludes halogenated alkanes) is 1. The molecular formula is C14H26O3. The molecule has 2 fully saturated rings. The monoisotopic (exact) mass is 242 g/mol. The standard InChI is InChI=1S/C14H26O3/c1-5-6-7-12-9-15-14(17-12)8-11(2)16-13(3,4)10-14/h11-12H,5-10H2,1-4H3. The van der Waals surface area contributed by atoms with Crippen molar-refractivity contribution < 1.29 is 14.2 Å². The first-order valence-corrected chi connectivity index (χ1v) is 6.94. The lowest BCUT2D eigenvalue weighted by Crippen LogP contribution is -2.50. The molecule has 3 unspecified atom stereocenters. The van der Waals surface area contributed by atoms with E-state index in [1.807, 2.05) is 0 Å². The highest BCUT2D eigenvalue weighted by atomic mass is 16.7. The second-order valence-electron chi connectivity index (χ2n) is 6.17. The van der Waals surface area contributed by atoms with Gasteiger partial charge in [-0.05, 0) is 27.2 Å². The maximum atomic E-state index is 6.20. The third kappa shape index (κ3) is 3.21. The van der Waals surface area contributed by atoms with Crippen LogP contribution in [0, 0.1) is 0 Å². The molecule has 0 amide bonds. The first-order chi connectivity index (χ1) is 7.95. The highest BCUT2D eigenvalue weighted by molar-refractivity contribution is 4.92. The minimum Gasteiger partial charge on any atom is -0.372 e. The Hall–Kier alpha value is -0.120. The summed E-state index contributed by atoms with van der Waals surface area (Å²) in [6.07, 6.45) is 5.76. The van der Waals surface area contributed by atoms with E-state index in [-0.39, 0.29) is 23.6 Å². The van der Waals surface area contributed by atoms with E-state index >= 15 is 0 Å². The fourth-order valence-electron chi connectivity index (χ4n) is 3.18. The van der Waals surface area contributed by atoms with Gasteiger partial charge in [-0.25, -0.2) is 0 Å². The Morgan fingerprint density at radius 1 is 1.24 bits per heavy atom. The van der Waals surface area contributed by atoms with Crippen molar-refractivity contribution in [2.75, 3.05) is 6.61 Å². The molecule has 0 N–H and O–H groups in total. The summed E-state index contributed by atoms with van der Waals surface area (Å²) in [6.45, 7) is 9.32. The molecule has 2 saturated heterocycles. The molecule has 3 nitrogen and oxygen atoms in total. The molecule has 17 heavy (non-hydrogen) atoms. The molecule has 1 spiro atoms. The Kier molecular flexibility index (Phi) is 3.81. The van der Waals surface area contributed by atoms with Crippen LogP contribution < -0.4 is 0 Å². The summed E-state index contributed by atoms with van der Waals surface area (Å²) in [7, 11) is 0. The lowest BCUT2D eigenvalue weighted by molar-refractivity contribution is -0.265. The molecule has 100 valence electrons. The maximum absolute atomic E-state index is 6.20. The van der Waals surface area contributed by atoms with Gasteiger partial charge in [0.15, 0.2) is 5.79 Å². The van der Waals surface area contributed by atoms with Crippen LogP contribution in [0.25, 0.3) is 0 Å². The van der Waals surface area contributed by atoms with Gasteiger partial charge in [-0.3, -0.25) is 0 Å². The van der Waals surface area contributed by atoms with Gasteiger partial charge in [0, 0.05) is 12.8 Å². The molecular weight excluding hydrogens is 216 g/mol. The summed E-state index contributed by atoms with van der Waals surface area (Å²) in [5.74, 6) is -0.375. The normalized spacial score (nSPS) is 40.9. The molecule has 2 aliphatic rings. The first-order valence-electron chi connectivity index (χ1n) is 6.94. The van der Waals surface area contributed by atoms with Gasteiger partial charge >= 0.3 is 0 Å². The molecule has 0 aliphatic carbocycles. The Bertz CT molecular complexity index is 264. The summed E-state index contributed by atoms with van der Waals surface area (Å²) in [5.41, 5.74) is -0.142. The quantitative estimate of drug-likeness (QED) is 0.760. The minimum absolute atomic E-state index is 0.142. The average molecular weight is 242 g/mol. The predicted molar refractivity (Wildman–Crippen MR) is 66.9 cm³/mol. The van der Waals surface area contributed by atoms with Crippen molar-refractivity contribution in [3.63, 3.8) is 0 Å². The molecule has 2 rings (SSSR count). The fourth-order valence-corrected chi connectivity index (χ4v) is 3.18. The van der Waals surface area contributed by atoms with E-state index in [0.29, 0.717) is 0 Å². The maximum Gasteiger partial charge on any atom is 0.174 e. The van der Waals surface area contributed by atoms with Crippen LogP contribution in [0.4, 0.5) is 0 Å². The van der Waals surface area contributed by atoms with Gasteiger partial charge in [0.1, 0.15) is 0 Å². The number of ether oxygens (including phenoxy) is 3. The Morgan fingerprint density at radius 2 is 2.00 bits per heavy atom. The van der Waals surface area contributed by atoms with Crippen LogP contribution in [0.15, 0.2) is 0 Å². The van der Waals surface area contributed by atoms with E-state index in [2.05, 4.69) is 27.7 Å². The zero-order valence-electron chi connectivity index (χ0n) is 11.6. The Labute approximate surface area is 105 Å². The number of rotatable bonds is 3. The largest absolute Gasteiger partial charge is 0.372 e. The van der Waals surface area contributed by atoms with Crippen molar-refractivity contribution in [2.45, 2.75) is 83.4 Å². The third-order valence-corrected chi connectivity index (χ3v) is 3.61. The molecule has 2 aliphatic heterocycles. The number of hydrogen-bond donors (Lipinski definition) is 0. The second-order valence-corrected chi connectivity index (χ2v) is 6.17. The van der Waals surface area contributed by atoms with Crippen LogP contribution in [0.3, 0.4) is 0 Å². The van der Waals surface area contributed by atoms with Crippen LogP contribution in [0.2, 0.25) is 0 Å². The average Bonchev–Trinajstić information content (AvgIpc) is 2.54. The summed E-state index contributed by atoms with van der Waals surface area (Å²) < 4.78 is 18.1. The summed E-state index contributed by atoms with van der Waals surface area (Å²) in [6, 6.07) is 0. The van der Waals surface area contributed by atoms with Crippen LogP contribution in [-0.2, 0) is 14.2 Å². The zero-order valence-corrected chi connectivity index (χ0v) is 11.6. The van der Waals surface area contributed by atoms with Crippen molar-refractivity contribution in [3.05, 3.63) is 0 Å². The molecule has 3 atom stereocenters. The fraction of sp³-hybridized carbons (Fsp3) is 1.00. The highest BCUT2D eigenvalue weighted by Gasteiger charge is 2.50. The van der Waals surface area contributed by atoms with Gasteiger partial charge in [-0.2, -0.15) is 0 Å². The number of hydrogen-bond acceptors (Lipinski definition) is 3. The van der Waals surface area contributed by atoms with Crippen LogP contribution >= 0.6 is 0 Å². The van der Waals surface area contributed by atoms with Gasteiger partial charge in [0.25, 0.3) is 0 Å². The second kappa shape index (κ2) is 4.87. The molecule has 0 aromatic rings. The predicted octanol–water partition coefficient (Wildman–Crippen LogP) is 3.27. The van der Waals surface area contributed by atoms with Crippen molar-refractivity contribution in [2.24, 2.45) is 0 Å². The summed E-state index contributed by atoms with van der Waals surface area (Å²) >= 11 is 0. The molecule has 3 heteroatoms. The molecule has 0 aromatic carbocycles.